The molecule has 0 fully saturated rings. The number of aryl methyl sites for hydroxylation is 3. The average molecular weight is 460 g/mol. The third-order valence-electron chi connectivity index (χ3n) is 5.89. The Hall–Kier alpha value is -3.91. The maximum atomic E-state index is 11.2. The van der Waals surface area contributed by atoms with E-state index in [1.54, 1.807) is 28.1 Å². The largest absolute Gasteiger partial charge is 0.505 e. The molecule has 0 spiro atoms. The summed E-state index contributed by atoms with van der Waals surface area (Å²) in [5, 5.41) is 40.8. The van der Waals surface area contributed by atoms with Gasteiger partial charge in [0.1, 0.15) is 10.6 Å². The number of aromatic nitrogens is 1. The number of azo groups is 1. The number of nitrogens with zero attached hydrogens (tertiary/aromatic N) is 3. The molecule has 0 saturated heterocycles. The van der Waals surface area contributed by atoms with E-state index in [1.165, 1.54) is 17.2 Å². The molecule has 7 nitrogen and oxygen atoms in total. The molecule has 0 radical (unpaired) electrons. The van der Waals surface area contributed by atoms with Crippen LogP contribution in [-0.4, -0.2) is 25.9 Å². The molecule has 0 atom stereocenters. The van der Waals surface area contributed by atoms with Crippen molar-refractivity contribution < 1.29 is 20.1 Å². The summed E-state index contributed by atoms with van der Waals surface area (Å²) in [6, 6.07) is 12.7. The van der Waals surface area contributed by atoms with Gasteiger partial charge in [-0.2, -0.15) is 0 Å². The van der Waals surface area contributed by atoms with Gasteiger partial charge in [0.2, 0.25) is 5.88 Å². The fourth-order valence-electron chi connectivity index (χ4n) is 4.17. The number of aromatic carboxylic acids is 1. The normalized spacial score (nSPS) is 13.0. The van der Waals surface area contributed by atoms with Crippen molar-refractivity contribution in [3.8, 4) is 28.4 Å². The van der Waals surface area contributed by atoms with Gasteiger partial charge in [-0.15, -0.1) is 21.6 Å². The molecule has 0 unspecified atom stereocenters. The Bertz CT molecular complexity index is 1420. The lowest BCUT2D eigenvalue weighted by Crippen LogP contribution is -1.93. The van der Waals surface area contributed by atoms with E-state index in [4.69, 9.17) is 5.11 Å². The minimum absolute atomic E-state index is 0.0197. The summed E-state index contributed by atoms with van der Waals surface area (Å²) >= 11 is 1.09. The minimum Gasteiger partial charge on any atom is -0.505 e. The molecule has 5 rings (SSSR count). The van der Waals surface area contributed by atoms with Crippen molar-refractivity contribution >= 4 is 28.7 Å². The first-order chi connectivity index (χ1) is 15.9. The molecular formula is C25H21N3O4S. The molecule has 3 N–H and O–H groups in total. The molecule has 1 aliphatic rings. The Morgan fingerprint density at radius 3 is 2.67 bits per heavy atom. The minimum atomic E-state index is -1.01. The van der Waals surface area contributed by atoms with Gasteiger partial charge in [-0.1, -0.05) is 18.2 Å². The predicted octanol–water partition coefficient (Wildman–Crippen LogP) is 6.53. The van der Waals surface area contributed by atoms with Crippen molar-refractivity contribution in [3.05, 3.63) is 75.6 Å². The first-order valence-corrected chi connectivity index (χ1v) is 11.4. The lowest BCUT2D eigenvalue weighted by molar-refractivity contribution is 0.0702. The van der Waals surface area contributed by atoms with Gasteiger partial charge < -0.3 is 15.3 Å². The second-order valence-corrected chi connectivity index (χ2v) is 8.95. The van der Waals surface area contributed by atoms with Crippen LogP contribution in [0.2, 0.25) is 0 Å². The summed E-state index contributed by atoms with van der Waals surface area (Å²) in [6.07, 6.45) is 5.11. The Kier molecular flexibility index (Phi) is 5.22. The van der Waals surface area contributed by atoms with Gasteiger partial charge in [-0.25, -0.2) is 4.79 Å². The number of benzene rings is 2. The molecule has 0 bridgehead atoms. The van der Waals surface area contributed by atoms with Gasteiger partial charge in [-0.3, -0.25) is 4.57 Å². The van der Waals surface area contributed by atoms with Crippen LogP contribution < -0.4 is 0 Å². The Morgan fingerprint density at radius 1 is 1.06 bits per heavy atom. The highest BCUT2D eigenvalue weighted by Crippen LogP contribution is 2.41. The molecule has 0 amide bonds. The zero-order valence-electron chi connectivity index (χ0n) is 17.8. The Labute approximate surface area is 193 Å². The van der Waals surface area contributed by atoms with Crippen molar-refractivity contribution in [1.82, 2.24) is 4.57 Å². The Balaban J connectivity index is 1.47. The average Bonchev–Trinajstić information content (AvgIpc) is 3.52. The predicted molar refractivity (Wildman–Crippen MR) is 127 cm³/mol. The van der Waals surface area contributed by atoms with E-state index in [0.717, 1.165) is 41.9 Å². The molecular weight excluding hydrogens is 438 g/mol. The fourth-order valence-corrected chi connectivity index (χ4v) is 4.92. The summed E-state index contributed by atoms with van der Waals surface area (Å²) in [5.74, 6) is -1.14. The van der Waals surface area contributed by atoms with Crippen LogP contribution in [0.25, 0.3) is 16.8 Å². The number of hydrogen-bond acceptors (Lipinski definition) is 6. The number of aromatic hydroxyl groups is 2. The maximum absolute atomic E-state index is 11.2. The van der Waals surface area contributed by atoms with Crippen LogP contribution in [0, 0.1) is 6.92 Å². The standard InChI is InChI=1S/C25H21N3O4S/c1-14-12-28(18-9-8-15-4-2-5-16(15)10-18)24(30)22(14)27-26-20-7-3-6-19(23(20)29)17-11-21(25(31)32)33-13-17/h3,6-13,29-30H,2,4-5H2,1H3,(H,31,32). The summed E-state index contributed by atoms with van der Waals surface area (Å²) in [5.41, 5.74) is 5.89. The number of phenolic OH excluding ortho intramolecular Hbond substituents is 1. The van der Waals surface area contributed by atoms with Crippen LogP contribution in [0.5, 0.6) is 11.6 Å². The van der Waals surface area contributed by atoms with Crippen molar-refractivity contribution in [3.63, 3.8) is 0 Å². The molecule has 1 aliphatic carbocycles. The van der Waals surface area contributed by atoms with Crippen LogP contribution in [0.15, 0.2) is 64.3 Å². The second-order valence-electron chi connectivity index (χ2n) is 8.04. The molecule has 2 aromatic heterocycles. The van der Waals surface area contributed by atoms with Crippen molar-refractivity contribution in [2.24, 2.45) is 10.2 Å². The van der Waals surface area contributed by atoms with E-state index in [0.29, 0.717) is 16.8 Å². The van der Waals surface area contributed by atoms with E-state index in [2.05, 4.69) is 22.4 Å². The number of hydrogen-bond donors (Lipinski definition) is 3. The van der Waals surface area contributed by atoms with Gasteiger partial charge in [0.15, 0.2) is 11.4 Å². The summed E-state index contributed by atoms with van der Waals surface area (Å²) < 4.78 is 1.69. The number of carbonyl (C=O) groups is 1. The summed E-state index contributed by atoms with van der Waals surface area (Å²) in [7, 11) is 0. The quantitative estimate of drug-likeness (QED) is 0.295. The summed E-state index contributed by atoms with van der Waals surface area (Å²) in [6.45, 7) is 1.84. The van der Waals surface area contributed by atoms with Crippen molar-refractivity contribution in [1.29, 1.82) is 0 Å². The lowest BCUT2D eigenvalue weighted by Gasteiger charge is -2.07. The van der Waals surface area contributed by atoms with E-state index in [-0.39, 0.29) is 22.2 Å². The molecule has 33 heavy (non-hydrogen) atoms. The van der Waals surface area contributed by atoms with Crippen LogP contribution >= 0.6 is 11.3 Å². The van der Waals surface area contributed by atoms with Gasteiger partial charge in [0.25, 0.3) is 0 Å². The summed E-state index contributed by atoms with van der Waals surface area (Å²) in [4.78, 5) is 11.4. The Morgan fingerprint density at radius 2 is 1.88 bits per heavy atom. The van der Waals surface area contributed by atoms with E-state index in [9.17, 15) is 15.0 Å². The lowest BCUT2D eigenvalue weighted by atomic mass is 10.1. The van der Waals surface area contributed by atoms with Gasteiger partial charge >= 0.3 is 5.97 Å². The van der Waals surface area contributed by atoms with E-state index < -0.39 is 5.97 Å². The number of rotatable bonds is 5. The van der Waals surface area contributed by atoms with Crippen LogP contribution in [0.4, 0.5) is 11.4 Å². The SMILES string of the molecule is Cc1cn(-c2ccc3c(c2)CCC3)c(O)c1N=Nc1cccc(-c2csc(C(=O)O)c2)c1O. The highest BCUT2D eigenvalue weighted by molar-refractivity contribution is 7.12. The van der Waals surface area contributed by atoms with E-state index >= 15 is 0 Å². The zero-order valence-corrected chi connectivity index (χ0v) is 18.6. The molecule has 4 aromatic rings. The number of carboxylic acids is 1. The molecule has 2 aromatic carbocycles. The van der Waals surface area contributed by atoms with Crippen molar-refractivity contribution in [2.45, 2.75) is 26.2 Å². The number of phenols is 1. The van der Waals surface area contributed by atoms with Gasteiger partial charge in [0, 0.05) is 17.4 Å². The highest BCUT2D eigenvalue weighted by Gasteiger charge is 2.18. The second kappa shape index (κ2) is 8.22. The fraction of sp³-hybridized carbons (Fsp3) is 0.160. The number of carboxylic acid groups (broad SMARTS) is 1. The first-order valence-electron chi connectivity index (χ1n) is 10.5. The monoisotopic (exact) mass is 459 g/mol. The topological polar surface area (TPSA) is 107 Å². The number of para-hydroxylation sites is 1. The maximum Gasteiger partial charge on any atom is 0.345 e. The first kappa shape index (κ1) is 21.0. The van der Waals surface area contributed by atoms with Gasteiger partial charge in [-0.05, 0) is 78.1 Å². The molecule has 166 valence electrons. The van der Waals surface area contributed by atoms with Crippen LogP contribution in [-0.2, 0) is 12.8 Å². The van der Waals surface area contributed by atoms with E-state index in [1.807, 2.05) is 19.2 Å². The zero-order chi connectivity index (χ0) is 23.1. The van der Waals surface area contributed by atoms with Crippen LogP contribution in [0.3, 0.4) is 0 Å². The smallest absolute Gasteiger partial charge is 0.345 e. The third kappa shape index (κ3) is 3.78. The highest BCUT2D eigenvalue weighted by atomic mass is 32.1. The molecule has 0 aliphatic heterocycles. The van der Waals surface area contributed by atoms with Crippen LogP contribution in [0.1, 0.15) is 32.8 Å². The third-order valence-corrected chi connectivity index (χ3v) is 6.81. The number of fused-ring (bicyclic) bond motifs is 1. The molecule has 8 heteroatoms. The van der Waals surface area contributed by atoms with Gasteiger partial charge in [0.05, 0.1) is 0 Å². The number of thiophene rings is 1. The molecule has 2 heterocycles. The van der Waals surface area contributed by atoms with Crippen molar-refractivity contribution in [2.75, 3.05) is 0 Å². The molecule has 0 saturated carbocycles.